The molecule has 0 atom stereocenters. The minimum absolute atomic E-state index is 0.104. The van der Waals surface area contributed by atoms with Crippen LogP contribution in [0.3, 0.4) is 0 Å². The Hall–Kier alpha value is -2.87. The van der Waals surface area contributed by atoms with Crippen LogP contribution >= 0.6 is 0 Å². The number of hydrogen-bond donors (Lipinski definition) is 1. The van der Waals surface area contributed by atoms with E-state index in [2.05, 4.69) is 45.6 Å². The first-order valence-electron chi connectivity index (χ1n) is 11.0. The Morgan fingerprint density at radius 1 is 1.07 bits per heavy atom. The van der Waals surface area contributed by atoms with Gasteiger partial charge in [-0.2, -0.15) is 0 Å². The quantitative estimate of drug-likeness (QED) is 0.395. The second-order valence-electron chi connectivity index (χ2n) is 7.27. The van der Waals surface area contributed by atoms with E-state index in [0.717, 1.165) is 41.5 Å². The number of allylic oxidation sites excluding steroid dienone is 9. The number of benzene rings is 1. The Kier molecular flexibility index (Phi) is 11.2. The van der Waals surface area contributed by atoms with Crippen molar-refractivity contribution in [3.8, 4) is 0 Å². The van der Waals surface area contributed by atoms with Gasteiger partial charge in [-0.15, -0.1) is 0 Å². The van der Waals surface area contributed by atoms with Gasteiger partial charge in [-0.05, 0) is 43.1 Å². The molecule has 160 valence electrons. The van der Waals surface area contributed by atoms with Gasteiger partial charge in [-0.25, -0.2) is 0 Å². The summed E-state index contributed by atoms with van der Waals surface area (Å²) in [5, 5.41) is 0. The first-order valence-corrected chi connectivity index (χ1v) is 11.0. The fourth-order valence-corrected chi connectivity index (χ4v) is 3.15. The molecular formula is C28H37NO. The van der Waals surface area contributed by atoms with E-state index in [-0.39, 0.29) is 5.78 Å². The topological polar surface area (TPSA) is 43.1 Å². The number of nitrogens with two attached hydrogens (primary N) is 1. The third-order valence-electron chi connectivity index (χ3n) is 4.67. The molecule has 0 heterocycles. The summed E-state index contributed by atoms with van der Waals surface area (Å²) in [5.74, 6) is -0.104. The van der Waals surface area contributed by atoms with E-state index in [1.54, 1.807) is 6.08 Å². The highest BCUT2D eigenvalue weighted by molar-refractivity contribution is 6.16. The molecule has 1 aromatic rings. The van der Waals surface area contributed by atoms with Crippen molar-refractivity contribution >= 4 is 11.4 Å². The van der Waals surface area contributed by atoms with E-state index in [4.69, 9.17) is 5.73 Å². The first kappa shape index (κ1) is 25.2. The zero-order chi connectivity index (χ0) is 22.5. The van der Waals surface area contributed by atoms with Gasteiger partial charge in [0.1, 0.15) is 0 Å². The van der Waals surface area contributed by atoms with Gasteiger partial charge in [0.2, 0.25) is 0 Å². The summed E-state index contributed by atoms with van der Waals surface area (Å²) < 4.78 is 0. The number of ketones is 1. The summed E-state index contributed by atoms with van der Waals surface area (Å²) >= 11 is 0. The first-order chi connectivity index (χ1) is 14.5. The van der Waals surface area contributed by atoms with E-state index in [9.17, 15) is 4.79 Å². The maximum absolute atomic E-state index is 12.8. The van der Waals surface area contributed by atoms with Crippen LogP contribution in [-0.2, 0) is 4.79 Å². The zero-order valence-corrected chi connectivity index (χ0v) is 19.3. The Morgan fingerprint density at radius 3 is 2.23 bits per heavy atom. The van der Waals surface area contributed by atoms with Crippen molar-refractivity contribution in [1.82, 2.24) is 0 Å². The molecule has 0 unspecified atom stereocenters. The van der Waals surface area contributed by atoms with Gasteiger partial charge < -0.3 is 5.73 Å². The molecule has 0 aromatic heterocycles. The Morgan fingerprint density at radius 2 is 1.70 bits per heavy atom. The molecule has 2 nitrogen and oxygen atoms in total. The van der Waals surface area contributed by atoms with Crippen molar-refractivity contribution in [2.75, 3.05) is 0 Å². The SMILES string of the molecule is C=C1C(=O)C(/C=C\C)=C(N)C(=C/CCCC)/C1=C/C(=C\C)c1ccccc1.CCC. The summed E-state index contributed by atoms with van der Waals surface area (Å²) in [4.78, 5) is 12.8. The second kappa shape index (κ2) is 13.4. The normalized spacial score (nSPS) is 17.7. The maximum atomic E-state index is 12.8. The molecule has 30 heavy (non-hydrogen) atoms. The molecule has 0 amide bonds. The highest BCUT2D eigenvalue weighted by Gasteiger charge is 2.28. The van der Waals surface area contributed by atoms with Gasteiger partial charge in [-0.1, -0.05) is 101 Å². The number of hydrogen-bond acceptors (Lipinski definition) is 2. The van der Waals surface area contributed by atoms with Gasteiger partial charge in [0, 0.05) is 16.7 Å². The second-order valence-corrected chi connectivity index (χ2v) is 7.27. The molecule has 0 saturated carbocycles. The molecule has 0 radical (unpaired) electrons. The highest BCUT2D eigenvalue weighted by atomic mass is 16.1. The zero-order valence-electron chi connectivity index (χ0n) is 19.3. The number of Topliss-reactive ketones (excluding diaryl/α,β-unsaturated/α-hetero) is 1. The lowest BCUT2D eigenvalue weighted by atomic mass is 9.81. The van der Waals surface area contributed by atoms with Crippen molar-refractivity contribution in [3.05, 3.63) is 101 Å². The van der Waals surface area contributed by atoms with Gasteiger partial charge in [0.15, 0.2) is 5.78 Å². The molecule has 1 aromatic carbocycles. The fourth-order valence-electron chi connectivity index (χ4n) is 3.15. The van der Waals surface area contributed by atoms with Crippen LogP contribution in [0.25, 0.3) is 5.57 Å². The Bertz CT molecular complexity index is 876. The van der Waals surface area contributed by atoms with Crippen LogP contribution in [0, 0.1) is 0 Å². The van der Waals surface area contributed by atoms with Gasteiger partial charge in [-0.3, -0.25) is 4.79 Å². The molecular weight excluding hydrogens is 366 g/mol. The minimum atomic E-state index is -0.104. The molecule has 0 saturated heterocycles. The lowest BCUT2D eigenvalue weighted by Crippen LogP contribution is -2.22. The van der Waals surface area contributed by atoms with Crippen molar-refractivity contribution in [2.45, 2.75) is 60.3 Å². The molecule has 2 rings (SSSR count). The molecule has 1 aliphatic carbocycles. The lowest BCUT2D eigenvalue weighted by molar-refractivity contribution is -0.111. The summed E-state index contributed by atoms with van der Waals surface area (Å²) in [6, 6.07) is 10.1. The van der Waals surface area contributed by atoms with Gasteiger partial charge in [0.25, 0.3) is 0 Å². The fraction of sp³-hybridized carbons (Fsp3) is 0.321. The summed E-state index contributed by atoms with van der Waals surface area (Å²) in [5.41, 5.74) is 11.9. The van der Waals surface area contributed by atoms with Crippen LogP contribution in [0.1, 0.15) is 65.9 Å². The highest BCUT2D eigenvalue weighted by Crippen LogP contribution is 2.35. The van der Waals surface area contributed by atoms with Crippen LogP contribution in [0.4, 0.5) is 0 Å². The van der Waals surface area contributed by atoms with Crippen LogP contribution in [0.2, 0.25) is 0 Å². The molecule has 2 N–H and O–H groups in total. The van der Waals surface area contributed by atoms with E-state index in [1.165, 1.54) is 6.42 Å². The molecule has 0 spiro atoms. The smallest absolute Gasteiger partial charge is 0.195 e. The Labute approximate surface area is 183 Å². The van der Waals surface area contributed by atoms with Crippen molar-refractivity contribution < 1.29 is 4.79 Å². The van der Waals surface area contributed by atoms with Crippen LogP contribution in [0.15, 0.2) is 95.3 Å². The van der Waals surface area contributed by atoms with E-state index >= 15 is 0 Å². The van der Waals surface area contributed by atoms with Crippen molar-refractivity contribution in [3.63, 3.8) is 0 Å². The number of rotatable bonds is 6. The van der Waals surface area contributed by atoms with Crippen LogP contribution in [-0.4, -0.2) is 5.78 Å². The lowest BCUT2D eigenvalue weighted by Gasteiger charge is -2.23. The average Bonchev–Trinajstić information content (AvgIpc) is 2.75. The summed E-state index contributed by atoms with van der Waals surface area (Å²) in [7, 11) is 0. The van der Waals surface area contributed by atoms with Crippen molar-refractivity contribution in [2.24, 2.45) is 5.73 Å². The van der Waals surface area contributed by atoms with Gasteiger partial charge in [0.05, 0.1) is 5.70 Å². The van der Waals surface area contributed by atoms with Crippen LogP contribution in [0.5, 0.6) is 0 Å². The number of carbonyl (C=O) groups is 1. The molecule has 0 bridgehead atoms. The number of carbonyl (C=O) groups excluding carboxylic acids is 1. The molecule has 1 aliphatic rings. The van der Waals surface area contributed by atoms with E-state index in [0.29, 0.717) is 16.8 Å². The van der Waals surface area contributed by atoms with Crippen LogP contribution < -0.4 is 5.73 Å². The standard InChI is InChI=1S/C25H29NO.C3H8/c1-5-8-10-16-21-23(17-19(7-3)20-14-11-9-12-15-20)18(4)25(27)22(13-6-2)24(21)26;1-3-2/h6-7,9,11-17H,4-5,8,10,26H2,1-3H3;3H2,1-2H3/b13-6-,19-7+,21-16+,23-17+;. The number of unbranched alkanes of at least 4 members (excludes halogenated alkanes) is 2. The maximum Gasteiger partial charge on any atom is 0.195 e. The predicted octanol–water partition coefficient (Wildman–Crippen LogP) is 7.48. The molecule has 2 heteroatoms. The third kappa shape index (κ3) is 6.59. The average molecular weight is 404 g/mol. The molecule has 0 fully saturated rings. The summed E-state index contributed by atoms with van der Waals surface area (Å²) in [6.07, 6.45) is 14.2. The van der Waals surface area contributed by atoms with E-state index in [1.807, 2.05) is 50.3 Å². The summed E-state index contributed by atoms with van der Waals surface area (Å²) in [6.45, 7) is 14.4. The third-order valence-corrected chi connectivity index (χ3v) is 4.67. The van der Waals surface area contributed by atoms with Crippen molar-refractivity contribution in [1.29, 1.82) is 0 Å². The minimum Gasteiger partial charge on any atom is -0.398 e. The molecule has 0 aliphatic heterocycles. The van der Waals surface area contributed by atoms with E-state index < -0.39 is 0 Å². The monoisotopic (exact) mass is 403 g/mol. The largest absolute Gasteiger partial charge is 0.398 e. The predicted molar refractivity (Wildman–Crippen MR) is 132 cm³/mol. The van der Waals surface area contributed by atoms with Gasteiger partial charge >= 0.3 is 0 Å². The Balaban J connectivity index is 0.00000141.